The molecule has 3 aromatic carbocycles. The summed E-state index contributed by atoms with van der Waals surface area (Å²) in [6.07, 6.45) is 0. The third-order valence-corrected chi connectivity index (χ3v) is 8.22. The van der Waals surface area contributed by atoms with Gasteiger partial charge in [-0.1, -0.05) is 97.9 Å². The third-order valence-electron chi connectivity index (χ3n) is 4.64. The van der Waals surface area contributed by atoms with E-state index in [1.807, 2.05) is 11.3 Å². The molecule has 0 saturated carbocycles. The Hall–Kier alpha value is -2.46. The molecule has 0 amide bonds. The van der Waals surface area contributed by atoms with Gasteiger partial charge >= 0.3 is 33.9 Å². The third kappa shape index (κ3) is 8.44. The summed E-state index contributed by atoms with van der Waals surface area (Å²) in [4.78, 5) is 1.42. The Kier molecular flexibility index (Phi) is 16.7. The zero-order valence-corrected chi connectivity index (χ0v) is 20.9. The zero-order chi connectivity index (χ0) is 23.8. The topological polar surface area (TPSA) is 59.7 Å². The average molecular weight is 508 g/mol. The summed E-state index contributed by atoms with van der Waals surface area (Å²) in [7, 11) is -0.570. The van der Waals surface area contributed by atoms with Gasteiger partial charge in [-0.2, -0.15) is 0 Å². The Morgan fingerprint density at radius 1 is 0.636 bits per heavy atom. The smallest absolute Gasteiger partial charge is 0 e. The maximum absolute atomic E-state index is 7.50. The first-order valence-electron chi connectivity index (χ1n) is 9.48. The standard InChI is InChI=1S/C24H21PS.3CO.Cr/c1-19(24-17-10-18-26-24)22-15-8-9-16-23(22)25(20-11-4-2-5-12-20)21-13-6-3-7-14-21;3*1-2;/h2-19H,1H3;;;;/t19-;;;;/m1..../s1. The molecule has 1 heterocycles. The summed E-state index contributed by atoms with van der Waals surface area (Å²) in [5.74, 6) is 0.406. The fourth-order valence-corrected chi connectivity index (χ4v) is 6.69. The van der Waals surface area contributed by atoms with Gasteiger partial charge in [0.2, 0.25) is 0 Å². The van der Waals surface area contributed by atoms with Crippen molar-refractivity contribution in [2.24, 2.45) is 0 Å². The molecule has 0 saturated heterocycles. The van der Waals surface area contributed by atoms with Crippen LogP contribution >= 0.6 is 19.3 Å². The summed E-state index contributed by atoms with van der Waals surface area (Å²) >= 11 is 1.85. The predicted molar refractivity (Wildman–Crippen MR) is 129 cm³/mol. The van der Waals surface area contributed by atoms with Gasteiger partial charge in [-0.05, 0) is 40.8 Å². The summed E-state index contributed by atoms with van der Waals surface area (Å²) in [5.41, 5.74) is 1.44. The van der Waals surface area contributed by atoms with Crippen LogP contribution in [0.1, 0.15) is 23.3 Å². The van der Waals surface area contributed by atoms with E-state index in [2.05, 4.69) is 129 Å². The molecule has 0 unspecified atom stereocenters. The molecular weight excluding hydrogens is 487 g/mol. The van der Waals surface area contributed by atoms with Crippen LogP contribution in [-0.4, -0.2) is 0 Å². The van der Waals surface area contributed by atoms with Crippen LogP contribution in [0.25, 0.3) is 0 Å². The molecule has 1 aromatic heterocycles. The van der Waals surface area contributed by atoms with E-state index in [0.717, 1.165) is 0 Å². The number of rotatable bonds is 5. The molecule has 3 nitrogen and oxygen atoms in total. The Bertz CT molecular complexity index is 1040. The van der Waals surface area contributed by atoms with Gasteiger partial charge in [-0.3, -0.25) is 0 Å². The molecule has 1 atom stereocenters. The van der Waals surface area contributed by atoms with Crippen molar-refractivity contribution in [2.45, 2.75) is 12.8 Å². The van der Waals surface area contributed by atoms with Crippen molar-refractivity contribution >= 4 is 35.2 Å². The van der Waals surface area contributed by atoms with Gasteiger partial charge in [0.05, 0.1) is 0 Å². The minimum atomic E-state index is -0.570. The van der Waals surface area contributed by atoms with Crippen molar-refractivity contribution in [3.63, 3.8) is 0 Å². The van der Waals surface area contributed by atoms with Gasteiger partial charge < -0.3 is 0 Å². The van der Waals surface area contributed by atoms with Crippen LogP contribution in [-0.2, 0) is 31.3 Å². The van der Waals surface area contributed by atoms with Gasteiger partial charge in [-0.15, -0.1) is 11.3 Å². The Morgan fingerprint density at radius 3 is 1.55 bits per heavy atom. The normalized spacial score (nSPS) is 9.82. The van der Waals surface area contributed by atoms with E-state index >= 15 is 0 Å². The van der Waals surface area contributed by atoms with E-state index in [4.69, 9.17) is 14.0 Å². The number of benzene rings is 3. The molecule has 0 fully saturated rings. The van der Waals surface area contributed by atoms with Crippen LogP contribution in [0, 0.1) is 20.0 Å². The molecule has 0 spiro atoms. The molecule has 164 valence electrons. The quantitative estimate of drug-likeness (QED) is 0.193. The van der Waals surface area contributed by atoms with E-state index < -0.39 is 7.92 Å². The molecular formula is C27H21CrO3PS. The monoisotopic (exact) mass is 508 g/mol. The molecule has 0 aliphatic rings. The van der Waals surface area contributed by atoms with Crippen LogP contribution in [0.5, 0.6) is 0 Å². The van der Waals surface area contributed by atoms with Gasteiger partial charge in [-0.25, -0.2) is 0 Å². The van der Waals surface area contributed by atoms with E-state index in [0.29, 0.717) is 5.92 Å². The van der Waals surface area contributed by atoms with Crippen molar-refractivity contribution in [3.8, 4) is 0 Å². The van der Waals surface area contributed by atoms with Crippen molar-refractivity contribution in [3.05, 3.63) is 133 Å². The molecule has 6 heteroatoms. The summed E-state index contributed by atoms with van der Waals surface area (Å²) in [6, 6.07) is 35.3. The molecule has 0 aliphatic carbocycles. The van der Waals surface area contributed by atoms with Crippen LogP contribution < -0.4 is 15.9 Å². The molecule has 0 aliphatic heterocycles. The summed E-state index contributed by atoms with van der Waals surface area (Å²) < 4.78 is 22.5. The average Bonchev–Trinajstić information content (AvgIpc) is 3.44. The fourth-order valence-electron chi connectivity index (χ4n) is 3.33. The number of hydrogen-bond acceptors (Lipinski definition) is 1. The van der Waals surface area contributed by atoms with Crippen molar-refractivity contribution in [2.75, 3.05) is 0 Å². The van der Waals surface area contributed by atoms with Gasteiger partial charge in [0.25, 0.3) is 0 Å². The van der Waals surface area contributed by atoms with Gasteiger partial charge in [0.1, 0.15) is 0 Å². The molecule has 0 radical (unpaired) electrons. The summed E-state index contributed by atoms with van der Waals surface area (Å²) in [6.45, 7) is 15.8. The minimum Gasteiger partial charge on any atom is 0 e. The van der Waals surface area contributed by atoms with E-state index in [1.165, 1.54) is 26.4 Å². The summed E-state index contributed by atoms with van der Waals surface area (Å²) in [5, 5.41) is 6.44. The maximum Gasteiger partial charge on any atom is 0 e. The van der Waals surface area contributed by atoms with E-state index in [-0.39, 0.29) is 17.4 Å². The molecule has 4 aromatic rings. The Morgan fingerprint density at radius 2 is 1.09 bits per heavy atom. The first kappa shape index (κ1) is 30.5. The Balaban J connectivity index is 0.00000136. The molecule has 0 N–H and O–H groups in total. The van der Waals surface area contributed by atoms with Gasteiger partial charge in [0.15, 0.2) is 0 Å². The second-order valence-electron chi connectivity index (χ2n) is 6.30. The minimum absolute atomic E-state index is 0. The maximum atomic E-state index is 7.50. The van der Waals surface area contributed by atoms with Crippen LogP contribution in [0.4, 0.5) is 0 Å². The second-order valence-corrected chi connectivity index (χ2v) is 9.47. The van der Waals surface area contributed by atoms with Crippen LogP contribution in [0.2, 0.25) is 0 Å². The molecule has 0 bridgehead atoms. The first-order valence-corrected chi connectivity index (χ1v) is 11.7. The number of thiophene rings is 1. The van der Waals surface area contributed by atoms with Crippen molar-refractivity contribution < 1.29 is 31.3 Å². The van der Waals surface area contributed by atoms with Crippen molar-refractivity contribution in [1.29, 1.82) is 0 Å². The van der Waals surface area contributed by atoms with Crippen LogP contribution in [0.15, 0.2) is 102 Å². The van der Waals surface area contributed by atoms with Gasteiger partial charge in [0, 0.05) is 28.2 Å². The fraction of sp³-hybridized carbons (Fsp3) is 0.0741. The number of hydrogen-bond donors (Lipinski definition) is 0. The zero-order valence-electron chi connectivity index (χ0n) is 17.9. The first-order chi connectivity index (χ1) is 15.8. The SMILES string of the molecule is C[C@@H](c1cccs1)c1ccccc1P(c1ccccc1)c1ccccc1.[C-]#[O+].[C-]#[O+].[C-]#[O+].[Cr]. The largest absolute Gasteiger partial charge is 0 e. The van der Waals surface area contributed by atoms with E-state index in [9.17, 15) is 0 Å². The molecule has 33 heavy (non-hydrogen) atoms. The predicted octanol–water partition coefficient (Wildman–Crippen LogP) is 5.54. The molecule has 4 rings (SSSR count). The van der Waals surface area contributed by atoms with Crippen molar-refractivity contribution in [1.82, 2.24) is 0 Å². The van der Waals surface area contributed by atoms with Crippen LogP contribution in [0.3, 0.4) is 0 Å². The van der Waals surface area contributed by atoms with E-state index in [1.54, 1.807) is 0 Å². The second kappa shape index (κ2) is 18.0. The Labute approximate surface area is 211 Å².